The average Bonchev–Trinajstić information content (AvgIpc) is 2.84. The number of fused-ring (bicyclic) bond motifs is 1. The van der Waals surface area contributed by atoms with Gasteiger partial charge in [0, 0.05) is 0 Å². The van der Waals surface area contributed by atoms with Crippen LogP contribution < -0.4 is 0 Å². The zero-order chi connectivity index (χ0) is 10.3. The van der Waals surface area contributed by atoms with Gasteiger partial charge in [-0.15, -0.1) is 0 Å². The molecule has 0 unspecified atom stereocenters. The van der Waals surface area contributed by atoms with Crippen LogP contribution in [0.1, 0.15) is 23.4 Å². The summed E-state index contributed by atoms with van der Waals surface area (Å²) in [4.78, 5) is 7.50. The molecule has 3 rings (SSSR count). The first-order valence-electron chi connectivity index (χ1n) is 5.47. The van der Waals surface area contributed by atoms with Crippen molar-refractivity contribution in [1.82, 2.24) is 9.97 Å². The fraction of sp³-hybridized carbons (Fsp3) is 0.308. The van der Waals surface area contributed by atoms with Crippen LogP contribution in [0.3, 0.4) is 0 Å². The Morgan fingerprint density at radius 2 is 2.07 bits per heavy atom. The van der Waals surface area contributed by atoms with Gasteiger partial charge in [0.05, 0.1) is 11.9 Å². The van der Waals surface area contributed by atoms with Gasteiger partial charge in [0.25, 0.3) is 0 Å². The van der Waals surface area contributed by atoms with Gasteiger partial charge in [0.1, 0.15) is 5.82 Å². The summed E-state index contributed by atoms with van der Waals surface area (Å²) in [5.41, 5.74) is 5.42. The predicted octanol–water partition coefficient (Wildman–Crippen LogP) is 2.87. The fourth-order valence-electron chi connectivity index (χ4n) is 2.31. The van der Waals surface area contributed by atoms with Crippen molar-refractivity contribution in [2.24, 2.45) is 0 Å². The Morgan fingerprint density at radius 3 is 2.87 bits per heavy atom. The van der Waals surface area contributed by atoms with Gasteiger partial charge in [0.2, 0.25) is 0 Å². The van der Waals surface area contributed by atoms with Crippen molar-refractivity contribution in [2.75, 3.05) is 0 Å². The Balaban J connectivity index is 2.06. The molecule has 0 radical (unpaired) electrons. The molecule has 0 aliphatic heterocycles. The zero-order valence-corrected chi connectivity index (χ0v) is 8.88. The summed E-state index contributed by atoms with van der Waals surface area (Å²) in [7, 11) is 0. The van der Waals surface area contributed by atoms with E-state index < -0.39 is 0 Å². The van der Waals surface area contributed by atoms with E-state index in [1.807, 2.05) is 13.1 Å². The Labute approximate surface area is 89.4 Å². The molecule has 0 saturated heterocycles. The molecule has 76 valence electrons. The van der Waals surface area contributed by atoms with Crippen molar-refractivity contribution in [2.45, 2.75) is 26.2 Å². The number of aromatic nitrogens is 2. The number of benzene rings is 1. The Morgan fingerprint density at radius 1 is 1.20 bits per heavy atom. The molecule has 0 amide bonds. The first kappa shape index (κ1) is 8.72. The summed E-state index contributed by atoms with van der Waals surface area (Å²) in [5, 5.41) is 0. The molecule has 1 heterocycles. The van der Waals surface area contributed by atoms with Crippen LogP contribution in [0.5, 0.6) is 0 Å². The van der Waals surface area contributed by atoms with Crippen molar-refractivity contribution in [3.63, 3.8) is 0 Å². The molecule has 2 heteroatoms. The molecular weight excluding hydrogens is 184 g/mol. The highest BCUT2D eigenvalue weighted by atomic mass is 14.9. The average molecular weight is 198 g/mol. The molecule has 1 aromatic carbocycles. The third-order valence-corrected chi connectivity index (χ3v) is 3.11. The second-order valence-electron chi connectivity index (χ2n) is 4.22. The normalized spacial score (nSPS) is 14.2. The van der Waals surface area contributed by atoms with E-state index in [9.17, 15) is 0 Å². The number of nitrogens with one attached hydrogen (secondary N) is 1. The smallest absolute Gasteiger partial charge is 0.103 e. The van der Waals surface area contributed by atoms with Gasteiger partial charge in [-0.2, -0.15) is 0 Å². The number of aryl methyl sites for hydroxylation is 3. The zero-order valence-electron chi connectivity index (χ0n) is 8.88. The second kappa shape index (κ2) is 3.23. The lowest BCUT2D eigenvalue weighted by Gasteiger charge is -2.02. The largest absolute Gasteiger partial charge is 0.342 e. The summed E-state index contributed by atoms with van der Waals surface area (Å²) in [6, 6.07) is 6.75. The minimum atomic E-state index is 0.977. The molecule has 0 saturated carbocycles. The number of nitrogens with zero attached hydrogens (tertiary/aromatic N) is 1. The summed E-state index contributed by atoms with van der Waals surface area (Å²) >= 11 is 0. The van der Waals surface area contributed by atoms with Crippen molar-refractivity contribution in [3.8, 4) is 11.3 Å². The van der Waals surface area contributed by atoms with Crippen molar-refractivity contribution < 1.29 is 0 Å². The van der Waals surface area contributed by atoms with E-state index >= 15 is 0 Å². The molecule has 0 fully saturated rings. The van der Waals surface area contributed by atoms with Gasteiger partial charge in [-0.1, -0.05) is 12.1 Å². The van der Waals surface area contributed by atoms with Gasteiger partial charge in [-0.25, -0.2) is 4.98 Å². The lowest BCUT2D eigenvalue weighted by Crippen LogP contribution is -1.84. The molecule has 15 heavy (non-hydrogen) atoms. The third kappa shape index (κ3) is 1.46. The van der Waals surface area contributed by atoms with Crippen LogP contribution in [0.25, 0.3) is 11.3 Å². The molecule has 1 aliphatic carbocycles. The maximum Gasteiger partial charge on any atom is 0.103 e. The molecule has 2 aromatic rings. The molecule has 0 atom stereocenters. The third-order valence-electron chi connectivity index (χ3n) is 3.11. The Bertz CT molecular complexity index is 497. The van der Waals surface area contributed by atoms with E-state index in [0.29, 0.717) is 0 Å². The summed E-state index contributed by atoms with van der Waals surface area (Å²) in [5.74, 6) is 0.977. The number of hydrogen-bond donors (Lipinski definition) is 1. The molecular formula is C13H14N2. The molecule has 2 nitrogen and oxygen atoms in total. The number of H-pyrrole nitrogens is 1. The van der Waals surface area contributed by atoms with Gasteiger partial charge in [0.15, 0.2) is 0 Å². The summed E-state index contributed by atoms with van der Waals surface area (Å²) < 4.78 is 0. The van der Waals surface area contributed by atoms with Gasteiger partial charge >= 0.3 is 0 Å². The van der Waals surface area contributed by atoms with Crippen LogP contribution in [0, 0.1) is 6.92 Å². The molecule has 1 N–H and O–H groups in total. The quantitative estimate of drug-likeness (QED) is 0.750. The lowest BCUT2D eigenvalue weighted by molar-refractivity contribution is 0.912. The van der Waals surface area contributed by atoms with Crippen molar-refractivity contribution in [1.29, 1.82) is 0 Å². The number of aromatic amines is 1. The first-order valence-corrected chi connectivity index (χ1v) is 5.47. The van der Waals surface area contributed by atoms with Crippen LogP contribution in [0.15, 0.2) is 24.4 Å². The van der Waals surface area contributed by atoms with Gasteiger partial charge < -0.3 is 4.98 Å². The summed E-state index contributed by atoms with van der Waals surface area (Å²) in [6.07, 6.45) is 5.70. The van der Waals surface area contributed by atoms with E-state index in [1.165, 1.54) is 36.0 Å². The van der Waals surface area contributed by atoms with Crippen molar-refractivity contribution in [3.05, 3.63) is 41.3 Å². The first-order chi connectivity index (χ1) is 7.33. The van der Waals surface area contributed by atoms with E-state index in [-0.39, 0.29) is 0 Å². The highest BCUT2D eigenvalue weighted by Crippen LogP contribution is 2.27. The Kier molecular flexibility index (Phi) is 1.88. The van der Waals surface area contributed by atoms with E-state index in [1.54, 1.807) is 0 Å². The topological polar surface area (TPSA) is 28.7 Å². The fourth-order valence-corrected chi connectivity index (χ4v) is 2.31. The number of rotatable bonds is 1. The molecule has 0 bridgehead atoms. The maximum absolute atomic E-state index is 4.23. The van der Waals surface area contributed by atoms with Crippen molar-refractivity contribution >= 4 is 0 Å². The van der Waals surface area contributed by atoms with Crippen LogP contribution in [-0.2, 0) is 12.8 Å². The van der Waals surface area contributed by atoms with Crippen LogP contribution in [0.2, 0.25) is 0 Å². The number of hydrogen-bond acceptors (Lipinski definition) is 1. The molecule has 1 aromatic heterocycles. The summed E-state index contributed by atoms with van der Waals surface area (Å²) in [6.45, 7) is 1.98. The second-order valence-corrected chi connectivity index (χ2v) is 4.22. The Hall–Kier alpha value is -1.57. The van der Waals surface area contributed by atoms with Crippen LogP contribution >= 0.6 is 0 Å². The lowest BCUT2D eigenvalue weighted by atomic mass is 10.1. The minimum Gasteiger partial charge on any atom is -0.342 e. The van der Waals surface area contributed by atoms with Crippen LogP contribution in [-0.4, -0.2) is 9.97 Å². The van der Waals surface area contributed by atoms with Gasteiger partial charge in [-0.3, -0.25) is 0 Å². The minimum absolute atomic E-state index is 0.977. The monoisotopic (exact) mass is 198 g/mol. The number of imidazole rings is 1. The predicted molar refractivity (Wildman–Crippen MR) is 60.8 cm³/mol. The standard InChI is InChI=1S/C13H14N2/c1-9-14-8-13(15-9)12-6-5-10-3-2-4-11(10)7-12/h5-8H,2-4H2,1H3,(H,14,15). The highest BCUT2D eigenvalue weighted by Gasteiger charge is 2.11. The van der Waals surface area contributed by atoms with E-state index in [2.05, 4.69) is 28.2 Å². The highest BCUT2D eigenvalue weighted by molar-refractivity contribution is 5.61. The maximum atomic E-state index is 4.23. The van der Waals surface area contributed by atoms with E-state index in [0.717, 1.165) is 11.5 Å². The molecule has 0 spiro atoms. The SMILES string of the molecule is Cc1ncc(-c2ccc3c(c2)CCC3)[nH]1. The van der Waals surface area contributed by atoms with Gasteiger partial charge in [-0.05, 0) is 48.9 Å². The van der Waals surface area contributed by atoms with E-state index in [4.69, 9.17) is 0 Å². The van der Waals surface area contributed by atoms with Crippen LogP contribution in [0.4, 0.5) is 0 Å². The molecule has 1 aliphatic rings.